The zero-order valence-electron chi connectivity index (χ0n) is 20.3. The number of benzene rings is 3. The van der Waals surface area contributed by atoms with Gasteiger partial charge < -0.3 is 13.9 Å². The molecule has 0 bridgehead atoms. The third kappa shape index (κ3) is 4.46. The molecule has 1 heterocycles. The Bertz CT molecular complexity index is 1420. The van der Waals surface area contributed by atoms with E-state index in [0.29, 0.717) is 27.8 Å². The summed E-state index contributed by atoms with van der Waals surface area (Å²) in [4.78, 5) is 26.5. The van der Waals surface area contributed by atoms with Crippen molar-refractivity contribution in [2.75, 3.05) is 7.11 Å². The number of fused-ring (bicyclic) bond motifs is 1. The van der Waals surface area contributed by atoms with Crippen LogP contribution in [-0.4, -0.2) is 13.1 Å². The van der Waals surface area contributed by atoms with E-state index in [2.05, 4.69) is 20.8 Å². The standard InChI is InChI=1S/C29H28O5/c1-17-15-23-24(16-18(17)2)33-26(19-9-13-22(32-6)14-10-19)27(25(23)30)34-28(31)20-7-11-21(12-8-20)29(3,4)5/h7-16H,1-6H3. The molecule has 0 aliphatic carbocycles. The zero-order valence-corrected chi connectivity index (χ0v) is 20.3. The molecule has 4 rings (SSSR count). The van der Waals surface area contributed by atoms with Crippen LogP contribution in [0, 0.1) is 13.8 Å². The van der Waals surface area contributed by atoms with Gasteiger partial charge in [-0.1, -0.05) is 32.9 Å². The number of hydrogen-bond acceptors (Lipinski definition) is 5. The summed E-state index contributed by atoms with van der Waals surface area (Å²) in [6.07, 6.45) is 0. The van der Waals surface area contributed by atoms with Crippen molar-refractivity contribution in [3.63, 3.8) is 0 Å². The molecule has 5 heteroatoms. The van der Waals surface area contributed by atoms with Gasteiger partial charge in [0.05, 0.1) is 18.1 Å². The van der Waals surface area contributed by atoms with Crippen LogP contribution < -0.4 is 14.9 Å². The van der Waals surface area contributed by atoms with E-state index in [1.54, 1.807) is 49.6 Å². The van der Waals surface area contributed by atoms with Gasteiger partial charge in [0.25, 0.3) is 0 Å². The van der Waals surface area contributed by atoms with E-state index in [9.17, 15) is 9.59 Å². The maximum absolute atomic E-state index is 13.5. The van der Waals surface area contributed by atoms with Crippen LogP contribution in [-0.2, 0) is 5.41 Å². The van der Waals surface area contributed by atoms with Crippen LogP contribution >= 0.6 is 0 Å². The summed E-state index contributed by atoms with van der Waals surface area (Å²) in [5.74, 6) is 0.107. The van der Waals surface area contributed by atoms with Crippen LogP contribution in [0.1, 0.15) is 47.8 Å². The highest BCUT2D eigenvalue weighted by Gasteiger charge is 2.22. The lowest BCUT2D eigenvalue weighted by atomic mass is 9.87. The highest BCUT2D eigenvalue weighted by Crippen LogP contribution is 2.33. The average molecular weight is 457 g/mol. The second-order valence-electron chi connectivity index (χ2n) is 9.47. The Morgan fingerprint density at radius 1 is 0.882 bits per heavy atom. The van der Waals surface area contributed by atoms with E-state index in [1.165, 1.54) is 0 Å². The second kappa shape index (κ2) is 8.82. The number of hydrogen-bond donors (Lipinski definition) is 0. The molecule has 0 unspecified atom stereocenters. The van der Waals surface area contributed by atoms with Crippen LogP contribution in [0.3, 0.4) is 0 Å². The van der Waals surface area contributed by atoms with Crippen molar-refractivity contribution in [2.24, 2.45) is 0 Å². The summed E-state index contributed by atoms with van der Waals surface area (Å²) in [5, 5.41) is 0.367. The number of rotatable bonds is 4. The van der Waals surface area contributed by atoms with Crippen molar-refractivity contribution in [1.29, 1.82) is 0 Å². The van der Waals surface area contributed by atoms with Crippen molar-refractivity contribution in [3.8, 4) is 22.8 Å². The number of methoxy groups -OCH3 is 1. The van der Waals surface area contributed by atoms with Crippen molar-refractivity contribution < 1.29 is 18.7 Å². The molecule has 1 aromatic heterocycles. The van der Waals surface area contributed by atoms with E-state index in [0.717, 1.165) is 16.7 Å². The molecule has 4 aromatic rings. The first-order valence-corrected chi connectivity index (χ1v) is 11.1. The summed E-state index contributed by atoms with van der Waals surface area (Å²) in [6, 6.07) is 17.9. The minimum Gasteiger partial charge on any atom is -0.497 e. The van der Waals surface area contributed by atoms with Gasteiger partial charge >= 0.3 is 5.97 Å². The molecule has 0 N–H and O–H groups in total. The number of carbonyl (C=O) groups is 1. The van der Waals surface area contributed by atoms with Gasteiger partial charge in [-0.25, -0.2) is 4.79 Å². The molecular formula is C29H28O5. The molecule has 5 nitrogen and oxygen atoms in total. The van der Waals surface area contributed by atoms with E-state index in [1.807, 2.05) is 32.0 Å². The highest BCUT2D eigenvalue weighted by atomic mass is 16.5. The first kappa shape index (κ1) is 23.3. The molecule has 0 spiro atoms. The molecule has 0 fully saturated rings. The van der Waals surface area contributed by atoms with Gasteiger partial charge in [0.2, 0.25) is 11.2 Å². The lowest BCUT2D eigenvalue weighted by Gasteiger charge is -2.19. The first-order chi connectivity index (χ1) is 16.1. The molecule has 0 amide bonds. The molecule has 0 radical (unpaired) electrons. The lowest BCUT2D eigenvalue weighted by Crippen LogP contribution is -2.17. The summed E-state index contributed by atoms with van der Waals surface area (Å²) < 4.78 is 17.1. The maximum atomic E-state index is 13.5. The van der Waals surface area contributed by atoms with E-state index in [4.69, 9.17) is 13.9 Å². The van der Waals surface area contributed by atoms with Crippen LogP contribution in [0.25, 0.3) is 22.3 Å². The summed E-state index contributed by atoms with van der Waals surface area (Å²) in [7, 11) is 1.58. The third-order valence-electron chi connectivity index (χ3n) is 6.00. The maximum Gasteiger partial charge on any atom is 0.343 e. The van der Waals surface area contributed by atoms with Crippen LogP contribution in [0.4, 0.5) is 0 Å². The van der Waals surface area contributed by atoms with Crippen molar-refractivity contribution in [2.45, 2.75) is 40.0 Å². The fourth-order valence-electron chi connectivity index (χ4n) is 3.72. The molecule has 174 valence electrons. The molecule has 0 saturated heterocycles. The smallest absolute Gasteiger partial charge is 0.343 e. The average Bonchev–Trinajstić information content (AvgIpc) is 2.81. The predicted octanol–water partition coefficient (Wildman–Crippen LogP) is 6.60. The minimum absolute atomic E-state index is 0.0423. The molecule has 0 aliphatic rings. The van der Waals surface area contributed by atoms with Crippen LogP contribution in [0.15, 0.2) is 69.9 Å². The number of aryl methyl sites for hydroxylation is 2. The van der Waals surface area contributed by atoms with Crippen LogP contribution in [0.2, 0.25) is 0 Å². The summed E-state index contributed by atoms with van der Waals surface area (Å²) >= 11 is 0. The normalized spacial score (nSPS) is 11.5. The van der Waals surface area contributed by atoms with Gasteiger partial charge in [0, 0.05) is 5.56 Å². The Morgan fingerprint density at radius 2 is 1.50 bits per heavy atom. The van der Waals surface area contributed by atoms with E-state index < -0.39 is 11.4 Å². The largest absolute Gasteiger partial charge is 0.497 e. The fraction of sp³-hybridized carbons (Fsp3) is 0.241. The first-order valence-electron chi connectivity index (χ1n) is 11.1. The fourth-order valence-corrected chi connectivity index (χ4v) is 3.72. The van der Waals surface area contributed by atoms with Gasteiger partial charge in [0.15, 0.2) is 5.76 Å². The highest BCUT2D eigenvalue weighted by molar-refractivity contribution is 5.93. The Kier molecular flexibility index (Phi) is 6.05. The quantitative estimate of drug-likeness (QED) is 0.324. The molecule has 0 aliphatic heterocycles. The molecule has 3 aromatic carbocycles. The van der Waals surface area contributed by atoms with Crippen LogP contribution in [0.5, 0.6) is 11.5 Å². The SMILES string of the molecule is COc1ccc(-c2oc3cc(C)c(C)cc3c(=O)c2OC(=O)c2ccc(C(C)(C)C)cc2)cc1. The molecular weight excluding hydrogens is 428 g/mol. The number of esters is 1. The van der Waals surface area contributed by atoms with Gasteiger partial charge in [-0.3, -0.25) is 4.79 Å². The lowest BCUT2D eigenvalue weighted by molar-refractivity contribution is 0.0731. The third-order valence-corrected chi connectivity index (χ3v) is 6.00. The Hall–Kier alpha value is -3.86. The Balaban J connectivity index is 1.83. The van der Waals surface area contributed by atoms with Crippen molar-refractivity contribution in [1.82, 2.24) is 0 Å². The Labute approximate surface area is 199 Å². The van der Waals surface area contributed by atoms with Crippen molar-refractivity contribution >= 4 is 16.9 Å². The number of ether oxygens (including phenoxy) is 2. The monoisotopic (exact) mass is 456 g/mol. The topological polar surface area (TPSA) is 65.7 Å². The summed E-state index contributed by atoms with van der Waals surface area (Å²) in [6.45, 7) is 10.2. The molecule has 0 atom stereocenters. The zero-order chi connectivity index (χ0) is 24.6. The predicted molar refractivity (Wildman–Crippen MR) is 134 cm³/mol. The van der Waals surface area contributed by atoms with E-state index >= 15 is 0 Å². The van der Waals surface area contributed by atoms with Gasteiger partial charge in [-0.15, -0.1) is 0 Å². The van der Waals surface area contributed by atoms with Gasteiger partial charge in [-0.2, -0.15) is 0 Å². The van der Waals surface area contributed by atoms with Crippen molar-refractivity contribution in [3.05, 3.63) is 93.1 Å². The molecule has 34 heavy (non-hydrogen) atoms. The molecule has 0 saturated carbocycles. The number of carbonyl (C=O) groups excluding carboxylic acids is 1. The second-order valence-corrected chi connectivity index (χ2v) is 9.47. The minimum atomic E-state index is -0.620. The summed E-state index contributed by atoms with van der Waals surface area (Å²) in [5.41, 5.74) is 4.01. The van der Waals surface area contributed by atoms with Gasteiger partial charge in [-0.05, 0) is 84.5 Å². The van der Waals surface area contributed by atoms with Gasteiger partial charge in [0.1, 0.15) is 11.3 Å². The van der Waals surface area contributed by atoms with E-state index in [-0.39, 0.29) is 16.9 Å². The Morgan fingerprint density at radius 3 is 2.09 bits per heavy atom.